The molecule has 0 aliphatic heterocycles. The molecule has 1 unspecified atom stereocenters. The number of amides is 1. The first-order chi connectivity index (χ1) is 10.0. The largest absolute Gasteiger partial charge is 0.394 e. The van der Waals surface area contributed by atoms with Crippen molar-refractivity contribution in [3.8, 4) is 0 Å². The Balaban J connectivity index is 2.08. The number of carbonyl (C=O) groups excluding carboxylic acids is 1. The maximum absolute atomic E-state index is 12.2. The summed E-state index contributed by atoms with van der Waals surface area (Å²) in [6.07, 6.45) is 0.250. The topological polar surface area (TPSA) is 49.3 Å². The smallest absolute Gasteiger partial charge is 0.225 e. The minimum absolute atomic E-state index is 0.141. The molecule has 1 amide bonds. The summed E-state index contributed by atoms with van der Waals surface area (Å²) in [5.74, 6) is -0.141. The number of hydrogen-bond donors (Lipinski definition) is 2. The fourth-order valence-electron chi connectivity index (χ4n) is 2.15. The lowest BCUT2D eigenvalue weighted by Gasteiger charge is -2.29. The normalized spacial score (nSPS) is 13.5. The van der Waals surface area contributed by atoms with E-state index in [-0.39, 0.29) is 18.9 Å². The molecule has 0 aliphatic carbocycles. The fourth-order valence-corrected chi connectivity index (χ4v) is 2.27. The van der Waals surface area contributed by atoms with Gasteiger partial charge in [-0.05, 0) is 30.2 Å². The standard InChI is InChI=1S/C17H18ClNO2/c1-17(12-20,14-5-3-2-4-6-14)19-16(21)11-13-7-9-15(18)10-8-13/h2-10,20H,11-12H2,1H3,(H,19,21). The van der Waals surface area contributed by atoms with Gasteiger partial charge in [-0.15, -0.1) is 0 Å². The van der Waals surface area contributed by atoms with E-state index in [2.05, 4.69) is 5.32 Å². The number of nitrogens with one attached hydrogen (secondary N) is 1. The molecule has 2 rings (SSSR count). The Morgan fingerprint density at radius 3 is 2.33 bits per heavy atom. The highest BCUT2D eigenvalue weighted by atomic mass is 35.5. The Hall–Kier alpha value is -1.84. The highest BCUT2D eigenvalue weighted by molar-refractivity contribution is 6.30. The summed E-state index contributed by atoms with van der Waals surface area (Å²) in [6, 6.07) is 16.6. The first-order valence-electron chi connectivity index (χ1n) is 6.75. The molecule has 2 aromatic rings. The molecule has 1 atom stereocenters. The predicted octanol–water partition coefficient (Wildman–Crippen LogP) is 2.91. The van der Waals surface area contributed by atoms with Gasteiger partial charge in [-0.25, -0.2) is 0 Å². The lowest BCUT2D eigenvalue weighted by Crippen LogP contribution is -2.46. The quantitative estimate of drug-likeness (QED) is 0.892. The number of hydrogen-bond acceptors (Lipinski definition) is 2. The van der Waals surface area contributed by atoms with Crippen molar-refractivity contribution < 1.29 is 9.90 Å². The molecular weight excluding hydrogens is 286 g/mol. The van der Waals surface area contributed by atoms with Crippen molar-refractivity contribution >= 4 is 17.5 Å². The average Bonchev–Trinajstić information content (AvgIpc) is 2.50. The van der Waals surface area contributed by atoms with E-state index in [1.165, 1.54) is 0 Å². The molecule has 0 heterocycles. The zero-order chi connectivity index (χ0) is 15.3. The van der Waals surface area contributed by atoms with Gasteiger partial charge in [-0.2, -0.15) is 0 Å². The van der Waals surface area contributed by atoms with E-state index in [4.69, 9.17) is 11.6 Å². The molecule has 0 saturated heterocycles. The van der Waals surface area contributed by atoms with Crippen LogP contribution < -0.4 is 5.32 Å². The molecule has 0 bridgehead atoms. The first kappa shape index (κ1) is 15.5. The van der Waals surface area contributed by atoms with Crippen LogP contribution in [0.1, 0.15) is 18.1 Å². The lowest BCUT2D eigenvalue weighted by molar-refractivity contribution is -0.122. The van der Waals surface area contributed by atoms with E-state index >= 15 is 0 Å². The predicted molar refractivity (Wildman–Crippen MR) is 84.2 cm³/mol. The van der Waals surface area contributed by atoms with E-state index in [1.54, 1.807) is 12.1 Å². The van der Waals surface area contributed by atoms with Gasteiger partial charge >= 0.3 is 0 Å². The molecule has 0 aliphatic rings. The number of aliphatic hydroxyl groups excluding tert-OH is 1. The number of carbonyl (C=O) groups is 1. The van der Waals surface area contributed by atoms with Gasteiger partial charge in [0.25, 0.3) is 0 Å². The van der Waals surface area contributed by atoms with Crippen LogP contribution in [0.4, 0.5) is 0 Å². The van der Waals surface area contributed by atoms with Crippen LogP contribution in [0.25, 0.3) is 0 Å². The van der Waals surface area contributed by atoms with Gasteiger partial charge in [0.1, 0.15) is 0 Å². The molecule has 4 heteroatoms. The van der Waals surface area contributed by atoms with Crippen molar-refractivity contribution in [2.24, 2.45) is 0 Å². The summed E-state index contributed by atoms with van der Waals surface area (Å²) >= 11 is 5.82. The Kier molecular flexibility index (Phi) is 4.99. The van der Waals surface area contributed by atoms with Crippen LogP contribution in [0.5, 0.6) is 0 Å². The zero-order valence-corrected chi connectivity index (χ0v) is 12.6. The minimum Gasteiger partial charge on any atom is -0.394 e. The fraction of sp³-hybridized carbons (Fsp3) is 0.235. The molecule has 110 valence electrons. The van der Waals surface area contributed by atoms with Gasteiger partial charge in [0.15, 0.2) is 0 Å². The van der Waals surface area contributed by atoms with Gasteiger partial charge in [0.2, 0.25) is 5.91 Å². The molecule has 0 radical (unpaired) electrons. The van der Waals surface area contributed by atoms with Crippen molar-refractivity contribution in [2.75, 3.05) is 6.61 Å². The molecule has 2 N–H and O–H groups in total. The summed E-state index contributed by atoms with van der Waals surface area (Å²) in [5, 5.41) is 13.2. The summed E-state index contributed by atoms with van der Waals surface area (Å²) in [4.78, 5) is 12.2. The van der Waals surface area contributed by atoms with Gasteiger partial charge in [-0.1, -0.05) is 54.1 Å². The Morgan fingerprint density at radius 2 is 1.76 bits per heavy atom. The molecule has 2 aromatic carbocycles. The molecule has 0 fully saturated rings. The first-order valence-corrected chi connectivity index (χ1v) is 7.13. The van der Waals surface area contributed by atoms with Crippen LogP contribution in [-0.4, -0.2) is 17.6 Å². The van der Waals surface area contributed by atoms with E-state index in [0.717, 1.165) is 11.1 Å². The van der Waals surface area contributed by atoms with Gasteiger partial charge in [0.05, 0.1) is 18.6 Å². The number of aliphatic hydroxyl groups is 1. The van der Waals surface area contributed by atoms with Crippen molar-refractivity contribution in [1.29, 1.82) is 0 Å². The van der Waals surface area contributed by atoms with Gasteiger partial charge in [0, 0.05) is 5.02 Å². The van der Waals surface area contributed by atoms with E-state index in [9.17, 15) is 9.90 Å². The summed E-state index contributed by atoms with van der Waals surface area (Å²) < 4.78 is 0. The molecule has 0 spiro atoms. The second-order valence-corrected chi connectivity index (χ2v) is 5.64. The SMILES string of the molecule is CC(CO)(NC(=O)Cc1ccc(Cl)cc1)c1ccccc1. The van der Waals surface area contributed by atoms with Crippen LogP contribution in [0.2, 0.25) is 5.02 Å². The zero-order valence-electron chi connectivity index (χ0n) is 11.8. The summed E-state index contributed by atoms with van der Waals surface area (Å²) in [6.45, 7) is 1.64. The summed E-state index contributed by atoms with van der Waals surface area (Å²) in [7, 11) is 0. The lowest BCUT2D eigenvalue weighted by atomic mass is 9.92. The number of rotatable bonds is 5. The minimum atomic E-state index is -0.787. The van der Waals surface area contributed by atoms with Crippen LogP contribution in [-0.2, 0) is 16.8 Å². The Bertz CT molecular complexity index is 598. The van der Waals surface area contributed by atoms with Gasteiger partial charge < -0.3 is 10.4 Å². The van der Waals surface area contributed by atoms with E-state index in [1.807, 2.05) is 49.4 Å². The van der Waals surface area contributed by atoms with Crippen molar-refractivity contribution in [2.45, 2.75) is 18.9 Å². The highest BCUT2D eigenvalue weighted by Gasteiger charge is 2.27. The maximum atomic E-state index is 12.2. The number of benzene rings is 2. The van der Waals surface area contributed by atoms with Crippen molar-refractivity contribution in [3.05, 3.63) is 70.7 Å². The van der Waals surface area contributed by atoms with E-state index in [0.29, 0.717) is 5.02 Å². The molecule has 0 aromatic heterocycles. The van der Waals surface area contributed by atoms with Crippen molar-refractivity contribution in [3.63, 3.8) is 0 Å². The monoisotopic (exact) mass is 303 g/mol. The second kappa shape index (κ2) is 6.74. The van der Waals surface area contributed by atoms with Crippen LogP contribution >= 0.6 is 11.6 Å². The second-order valence-electron chi connectivity index (χ2n) is 5.21. The third kappa shape index (κ3) is 4.06. The third-order valence-corrected chi connectivity index (χ3v) is 3.67. The number of halogens is 1. The summed E-state index contributed by atoms with van der Waals surface area (Å²) in [5.41, 5.74) is 0.965. The Morgan fingerprint density at radius 1 is 1.14 bits per heavy atom. The molecule has 0 saturated carbocycles. The van der Waals surface area contributed by atoms with E-state index < -0.39 is 5.54 Å². The van der Waals surface area contributed by atoms with Crippen molar-refractivity contribution in [1.82, 2.24) is 5.32 Å². The maximum Gasteiger partial charge on any atom is 0.225 e. The Labute approximate surface area is 129 Å². The highest BCUT2D eigenvalue weighted by Crippen LogP contribution is 2.20. The molecule has 21 heavy (non-hydrogen) atoms. The average molecular weight is 304 g/mol. The van der Waals surface area contributed by atoms with Crippen LogP contribution in [0.15, 0.2) is 54.6 Å². The van der Waals surface area contributed by atoms with Crippen LogP contribution in [0.3, 0.4) is 0 Å². The van der Waals surface area contributed by atoms with Gasteiger partial charge in [-0.3, -0.25) is 4.79 Å². The molecule has 3 nitrogen and oxygen atoms in total. The van der Waals surface area contributed by atoms with Crippen LogP contribution in [0, 0.1) is 0 Å². The molecular formula is C17H18ClNO2. The third-order valence-electron chi connectivity index (χ3n) is 3.42.